The fourth-order valence-electron chi connectivity index (χ4n) is 3.99. The SMILES string of the molecule is Cc1cc(C)c(NC(=O)NC2C=C2c2ccc(C(N)=NC=Nc3ccc(OC(F)(F)F)cc3)cc2)c(C)c1. The van der Waals surface area contributed by atoms with E-state index >= 15 is 0 Å². The molecule has 0 fully saturated rings. The number of ether oxygens (including phenoxy) is 1. The van der Waals surface area contributed by atoms with E-state index in [1.807, 2.05) is 51.1 Å². The number of nitrogens with zero attached hydrogens (tertiary/aromatic N) is 2. The van der Waals surface area contributed by atoms with Crippen LogP contribution in [-0.4, -0.2) is 30.6 Å². The Morgan fingerprint density at radius 1 is 1.00 bits per heavy atom. The van der Waals surface area contributed by atoms with Crippen LogP contribution in [0.25, 0.3) is 5.57 Å². The lowest BCUT2D eigenvalue weighted by Crippen LogP contribution is -2.32. The van der Waals surface area contributed by atoms with Crippen molar-refractivity contribution in [2.75, 3.05) is 5.32 Å². The number of amidine groups is 1. The highest BCUT2D eigenvalue weighted by Gasteiger charge is 2.31. The van der Waals surface area contributed by atoms with Crippen molar-refractivity contribution in [3.05, 3.63) is 94.6 Å². The van der Waals surface area contributed by atoms with Gasteiger partial charge >= 0.3 is 12.4 Å². The van der Waals surface area contributed by atoms with E-state index in [4.69, 9.17) is 5.73 Å². The summed E-state index contributed by atoms with van der Waals surface area (Å²) < 4.78 is 40.5. The molecule has 0 radical (unpaired) electrons. The maximum absolute atomic E-state index is 12.5. The van der Waals surface area contributed by atoms with Crippen molar-refractivity contribution in [2.24, 2.45) is 15.7 Å². The summed E-state index contributed by atoms with van der Waals surface area (Å²) in [7, 11) is 0. The van der Waals surface area contributed by atoms with Gasteiger partial charge in [-0.25, -0.2) is 14.8 Å². The monoisotopic (exact) mass is 521 g/mol. The molecule has 1 unspecified atom stereocenters. The number of aliphatic imine (C=N–C) groups is 2. The number of nitrogens with one attached hydrogen (secondary N) is 2. The molecule has 1 atom stereocenters. The topological polar surface area (TPSA) is 101 Å². The molecule has 3 aromatic rings. The number of aryl methyl sites for hydroxylation is 3. The van der Waals surface area contributed by atoms with Gasteiger partial charge in [-0.3, -0.25) is 0 Å². The number of urea groups is 1. The van der Waals surface area contributed by atoms with Gasteiger partial charge in [-0.05, 0) is 67.3 Å². The van der Waals surface area contributed by atoms with Gasteiger partial charge in [0.2, 0.25) is 0 Å². The lowest BCUT2D eigenvalue weighted by atomic mass is 10.1. The summed E-state index contributed by atoms with van der Waals surface area (Å²) in [6.07, 6.45) is -1.57. The number of rotatable bonds is 7. The lowest BCUT2D eigenvalue weighted by Gasteiger charge is -2.14. The molecule has 0 heterocycles. The van der Waals surface area contributed by atoms with Gasteiger partial charge in [0.25, 0.3) is 0 Å². The van der Waals surface area contributed by atoms with Crippen molar-refractivity contribution in [3.63, 3.8) is 0 Å². The van der Waals surface area contributed by atoms with Gasteiger partial charge in [-0.1, -0.05) is 48.0 Å². The number of hydrogen-bond acceptors (Lipinski definition) is 3. The molecule has 0 aromatic heterocycles. The van der Waals surface area contributed by atoms with Crippen molar-refractivity contribution >= 4 is 35.2 Å². The smallest absolute Gasteiger partial charge is 0.406 e. The number of anilines is 1. The minimum atomic E-state index is -4.75. The number of carbonyl (C=O) groups is 1. The Balaban J connectivity index is 1.29. The van der Waals surface area contributed by atoms with Crippen molar-refractivity contribution < 1.29 is 22.7 Å². The van der Waals surface area contributed by atoms with Crippen LogP contribution in [0.2, 0.25) is 0 Å². The third-order valence-corrected chi connectivity index (χ3v) is 5.76. The molecule has 7 nitrogen and oxygen atoms in total. The number of halogens is 3. The molecule has 4 rings (SSSR count). The van der Waals surface area contributed by atoms with Crippen LogP contribution in [0.5, 0.6) is 5.75 Å². The average molecular weight is 522 g/mol. The quantitative estimate of drug-likeness (QED) is 0.256. The number of amides is 2. The summed E-state index contributed by atoms with van der Waals surface area (Å²) >= 11 is 0. The van der Waals surface area contributed by atoms with Crippen LogP contribution in [0, 0.1) is 20.8 Å². The van der Waals surface area contributed by atoms with E-state index in [1.54, 1.807) is 12.1 Å². The molecular formula is C28H26F3N5O2. The van der Waals surface area contributed by atoms with Crippen molar-refractivity contribution in [2.45, 2.75) is 33.2 Å². The van der Waals surface area contributed by atoms with E-state index in [2.05, 4.69) is 25.4 Å². The fourth-order valence-corrected chi connectivity index (χ4v) is 3.99. The zero-order valence-corrected chi connectivity index (χ0v) is 20.9. The summed E-state index contributed by atoms with van der Waals surface area (Å²) in [5.41, 5.74) is 13.0. The Hall–Kier alpha value is -4.60. The van der Waals surface area contributed by atoms with Crippen LogP contribution in [0.1, 0.15) is 27.8 Å². The number of carbonyl (C=O) groups excluding carboxylic acids is 1. The predicted octanol–water partition coefficient (Wildman–Crippen LogP) is 6.16. The Morgan fingerprint density at radius 2 is 1.63 bits per heavy atom. The molecule has 4 N–H and O–H groups in total. The number of nitrogens with two attached hydrogens (primary N) is 1. The zero-order valence-electron chi connectivity index (χ0n) is 20.9. The van der Waals surface area contributed by atoms with Crippen LogP contribution in [0.15, 0.2) is 76.7 Å². The van der Waals surface area contributed by atoms with Gasteiger partial charge in [0.1, 0.15) is 17.9 Å². The van der Waals surface area contributed by atoms with E-state index in [9.17, 15) is 18.0 Å². The Morgan fingerprint density at radius 3 is 2.24 bits per heavy atom. The van der Waals surface area contributed by atoms with E-state index < -0.39 is 6.36 Å². The summed E-state index contributed by atoms with van der Waals surface area (Å²) in [5.74, 6) is -0.111. The van der Waals surface area contributed by atoms with Crippen molar-refractivity contribution in [1.29, 1.82) is 0 Å². The van der Waals surface area contributed by atoms with Crippen LogP contribution in [0.3, 0.4) is 0 Å². The Labute approximate surface area is 218 Å². The highest BCUT2D eigenvalue weighted by Crippen LogP contribution is 2.32. The van der Waals surface area contributed by atoms with E-state index in [1.165, 1.54) is 18.5 Å². The second-order valence-electron chi connectivity index (χ2n) is 8.85. The minimum absolute atomic E-state index is 0.155. The van der Waals surface area contributed by atoms with E-state index in [0.29, 0.717) is 11.3 Å². The molecule has 2 amide bonds. The van der Waals surface area contributed by atoms with E-state index in [-0.39, 0.29) is 23.7 Å². The predicted molar refractivity (Wildman–Crippen MR) is 143 cm³/mol. The van der Waals surface area contributed by atoms with Gasteiger partial charge in [0.15, 0.2) is 0 Å². The molecule has 0 bridgehead atoms. The van der Waals surface area contributed by atoms with Crippen molar-refractivity contribution in [1.82, 2.24) is 5.32 Å². The Kier molecular flexibility index (Phi) is 7.52. The highest BCUT2D eigenvalue weighted by atomic mass is 19.4. The third-order valence-electron chi connectivity index (χ3n) is 5.76. The third kappa shape index (κ3) is 7.00. The van der Waals surface area contributed by atoms with Crippen LogP contribution >= 0.6 is 0 Å². The summed E-state index contributed by atoms with van der Waals surface area (Å²) in [6.45, 7) is 5.95. The first kappa shape index (κ1) is 26.5. The van der Waals surface area contributed by atoms with Crippen LogP contribution < -0.4 is 21.1 Å². The molecule has 1 aliphatic carbocycles. The van der Waals surface area contributed by atoms with E-state index in [0.717, 1.165) is 45.6 Å². The molecule has 0 saturated carbocycles. The summed E-state index contributed by atoms with van der Waals surface area (Å²) in [6, 6.07) is 16.1. The molecular weight excluding hydrogens is 495 g/mol. The summed E-state index contributed by atoms with van der Waals surface area (Å²) in [4.78, 5) is 20.6. The largest absolute Gasteiger partial charge is 0.573 e. The molecule has 1 aliphatic rings. The zero-order chi connectivity index (χ0) is 27.4. The fraction of sp³-hybridized carbons (Fsp3) is 0.179. The average Bonchev–Trinajstić information content (AvgIpc) is 3.60. The number of hydrogen-bond donors (Lipinski definition) is 3. The normalized spacial score (nSPS) is 15.3. The molecule has 0 aliphatic heterocycles. The minimum Gasteiger partial charge on any atom is -0.406 e. The number of alkyl halides is 3. The maximum atomic E-state index is 12.5. The lowest BCUT2D eigenvalue weighted by molar-refractivity contribution is -0.274. The van der Waals surface area contributed by atoms with Gasteiger partial charge in [0, 0.05) is 11.3 Å². The Bertz CT molecular complexity index is 1400. The molecule has 3 aromatic carbocycles. The first-order valence-corrected chi connectivity index (χ1v) is 11.7. The standard InChI is InChI=1S/C28H26F3N5O2/c1-16-12-17(2)25(18(3)13-16)36-27(37)35-24-14-23(24)19-4-6-20(7-5-19)26(32)34-15-33-21-8-10-22(11-9-21)38-28(29,30)31/h4-15,24H,1-3H3,(H2,32,33,34)(H2,35,36,37). The maximum Gasteiger partial charge on any atom is 0.573 e. The van der Waals surface area contributed by atoms with Gasteiger partial charge < -0.3 is 21.1 Å². The first-order chi connectivity index (χ1) is 18.0. The molecule has 0 spiro atoms. The second kappa shape index (κ2) is 10.8. The van der Waals surface area contributed by atoms with Crippen LogP contribution in [-0.2, 0) is 0 Å². The molecule has 196 valence electrons. The highest BCUT2D eigenvalue weighted by molar-refractivity contribution is 6.02. The van der Waals surface area contributed by atoms with Gasteiger partial charge in [-0.2, -0.15) is 0 Å². The molecule has 0 saturated heterocycles. The molecule has 38 heavy (non-hydrogen) atoms. The van der Waals surface area contributed by atoms with Gasteiger partial charge in [0.05, 0.1) is 11.7 Å². The number of benzene rings is 3. The van der Waals surface area contributed by atoms with Gasteiger partial charge in [-0.15, -0.1) is 13.2 Å². The second-order valence-corrected chi connectivity index (χ2v) is 8.85. The summed E-state index contributed by atoms with van der Waals surface area (Å²) in [5, 5.41) is 5.88. The van der Waals surface area contributed by atoms with Crippen molar-refractivity contribution in [3.8, 4) is 5.75 Å². The van der Waals surface area contributed by atoms with Crippen LogP contribution in [0.4, 0.5) is 29.3 Å². The first-order valence-electron chi connectivity index (χ1n) is 11.7. The molecule has 10 heteroatoms.